The van der Waals surface area contributed by atoms with Crippen LogP contribution in [0.15, 0.2) is 42.4 Å². The monoisotopic (exact) mass is 698 g/mol. The fourth-order valence-corrected chi connectivity index (χ4v) is 11.3. The van der Waals surface area contributed by atoms with Gasteiger partial charge >= 0.3 is 0 Å². The number of aromatic nitrogens is 1. The van der Waals surface area contributed by atoms with Gasteiger partial charge in [-0.2, -0.15) is 0 Å². The first-order valence-corrected chi connectivity index (χ1v) is 20.2. The number of carbonyl (C=O) groups is 2. The van der Waals surface area contributed by atoms with Gasteiger partial charge in [-0.15, -0.1) is 22.7 Å². The van der Waals surface area contributed by atoms with E-state index in [0.717, 1.165) is 58.0 Å². The second-order valence-electron chi connectivity index (χ2n) is 12.3. The molecule has 1 N–H and O–H groups in total. The minimum Gasteiger partial charge on any atom is -0.362 e. The Kier molecular flexibility index (Phi) is 11.1. The molecular weight excluding hydrogens is 657 g/mol. The smallest absolute Gasteiger partial charge is 0.278 e. The maximum atomic E-state index is 13.9. The molecule has 246 valence electrons. The van der Waals surface area contributed by atoms with Crippen molar-refractivity contribution in [3.63, 3.8) is 0 Å². The molecule has 12 heteroatoms. The highest BCUT2D eigenvalue weighted by Gasteiger charge is 2.48. The van der Waals surface area contributed by atoms with Crippen LogP contribution >= 0.6 is 46.2 Å². The number of carbonyl (C=O) groups excluding carboxylic acids is 2. The lowest BCUT2D eigenvalue weighted by Crippen LogP contribution is -2.41. The molecule has 0 saturated heterocycles. The first-order chi connectivity index (χ1) is 22.4. The molecule has 3 aliphatic heterocycles. The molecule has 46 heavy (non-hydrogen) atoms. The fraction of sp³-hybridized carbons (Fsp3) is 0.559. The van der Waals surface area contributed by atoms with Crippen LogP contribution in [0.1, 0.15) is 111 Å². The summed E-state index contributed by atoms with van der Waals surface area (Å²) in [5, 5.41) is 7.94. The highest BCUT2D eigenvalue weighted by Crippen LogP contribution is 2.51. The van der Waals surface area contributed by atoms with E-state index in [1.807, 2.05) is 22.9 Å². The van der Waals surface area contributed by atoms with E-state index >= 15 is 0 Å². The number of aliphatic imine (C=N–C) groups is 1. The topological polar surface area (TPSA) is 101 Å². The highest BCUT2D eigenvalue weighted by molar-refractivity contribution is 8.17. The molecule has 0 radical (unpaired) electrons. The van der Waals surface area contributed by atoms with Crippen LogP contribution in [-0.4, -0.2) is 44.3 Å². The summed E-state index contributed by atoms with van der Waals surface area (Å²) in [6.07, 6.45) is 12.9. The Labute approximate surface area is 286 Å². The lowest BCUT2D eigenvalue weighted by molar-refractivity contribution is -0.129. The molecule has 3 atom stereocenters. The number of fused-ring (bicyclic) bond motifs is 6. The molecule has 0 saturated carbocycles. The molecule has 3 aromatic heterocycles. The summed E-state index contributed by atoms with van der Waals surface area (Å²) in [7, 11) is 0. The third-order valence-electron chi connectivity index (χ3n) is 8.99. The van der Waals surface area contributed by atoms with E-state index in [2.05, 4.69) is 19.2 Å². The van der Waals surface area contributed by atoms with Gasteiger partial charge in [0.15, 0.2) is 0 Å². The number of rotatable bonds is 15. The van der Waals surface area contributed by atoms with Gasteiger partial charge in [0.05, 0.1) is 25.8 Å². The number of hydrogen-bond donors (Lipinski definition) is 1. The van der Waals surface area contributed by atoms with Crippen molar-refractivity contribution in [2.24, 2.45) is 4.99 Å². The lowest BCUT2D eigenvalue weighted by atomic mass is 10.1. The molecule has 3 aliphatic rings. The molecule has 0 fully saturated rings. The molecular formula is C34H42N4O4S4. The fourth-order valence-electron chi connectivity index (χ4n) is 6.45. The highest BCUT2D eigenvalue weighted by atomic mass is 32.2. The zero-order chi connectivity index (χ0) is 32.2. The number of unbranched alkanes of at least 4 members (excludes halogenated alkanes) is 10. The van der Waals surface area contributed by atoms with Gasteiger partial charge < -0.3 is 5.32 Å². The molecule has 0 bridgehead atoms. The number of thiophene rings is 2. The van der Waals surface area contributed by atoms with Crippen molar-refractivity contribution in [3.8, 4) is 0 Å². The normalized spacial score (nSPS) is 20.4. The van der Waals surface area contributed by atoms with Crippen molar-refractivity contribution >= 4 is 78.8 Å². The van der Waals surface area contributed by atoms with Crippen LogP contribution < -0.4 is 16.4 Å². The van der Waals surface area contributed by atoms with Crippen molar-refractivity contribution < 1.29 is 9.59 Å². The van der Waals surface area contributed by atoms with Gasteiger partial charge in [-0.05, 0) is 35.7 Å². The van der Waals surface area contributed by atoms with Crippen molar-refractivity contribution in [3.05, 3.63) is 54.0 Å². The van der Waals surface area contributed by atoms with E-state index in [9.17, 15) is 19.2 Å². The zero-order valence-electron chi connectivity index (χ0n) is 26.5. The number of anilines is 1. The summed E-state index contributed by atoms with van der Waals surface area (Å²) in [5.41, 5.74) is 0.513. The van der Waals surface area contributed by atoms with Crippen molar-refractivity contribution in [1.29, 1.82) is 0 Å². The molecule has 8 nitrogen and oxygen atoms in total. The van der Waals surface area contributed by atoms with Crippen LogP contribution in [-0.2, 0) is 11.3 Å². The predicted molar refractivity (Wildman–Crippen MR) is 194 cm³/mol. The number of nitrogens with zero attached hydrogens (tertiary/aromatic N) is 3. The quantitative estimate of drug-likeness (QED) is 0.126. The Bertz CT molecular complexity index is 1740. The molecule has 3 unspecified atom stereocenters. The molecule has 6 heterocycles. The summed E-state index contributed by atoms with van der Waals surface area (Å²) < 4.78 is 2.22. The van der Waals surface area contributed by atoms with Gasteiger partial charge in [0, 0.05) is 18.0 Å². The van der Waals surface area contributed by atoms with Gasteiger partial charge in [0.25, 0.3) is 22.9 Å². The zero-order valence-corrected chi connectivity index (χ0v) is 29.8. The number of thioether (sulfide) groups is 2. The minimum absolute atomic E-state index is 0.214. The van der Waals surface area contributed by atoms with E-state index in [1.54, 1.807) is 0 Å². The molecule has 0 aliphatic carbocycles. The Morgan fingerprint density at radius 1 is 0.783 bits per heavy atom. The van der Waals surface area contributed by atoms with Gasteiger partial charge in [-0.25, -0.2) is 0 Å². The number of imide groups is 1. The summed E-state index contributed by atoms with van der Waals surface area (Å²) in [6, 6.07) is 2.97. The third kappa shape index (κ3) is 6.64. The minimum atomic E-state index is -0.689. The summed E-state index contributed by atoms with van der Waals surface area (Å²) in [4.78, 5) is 63.0. The predicted octanol–water partition coefficient (Wildman–Crippen LogP) is 8.29. The second kappa shape index (κ2) is 15.2. The van der Waals surface area contributed by atoms with E-state index in [1.165, 1.54) is 94.2 Å². The molecule has 2 amide bonds. The van der Waals surface area contributed by atoms with E-state index in [0.29, 0.717) is 29.7 Å². The third-order valence-corrected chi connectivity index (χ3v) is 13.9. The lowest BCUT2D eigenvalue weighted by Gasteiger charge is -2.21. The van der Waals surface area contributed by atoms with Crippen LogP contribution in [0.3, 0.4) is 0 Å². The van der Waals surface area contributed by atoms with E-state index in [-0.39, 0.29) is 33.6 Å². The van der Waals surface area contributed by atoms with Crippen LogP contribution in [0.4, 0.5) is 5.69 Å². The number of nitrogens with one attached hydrogen (secondary N) is 1. The van der Waals surface area contributed by atoms with E-state index in [4.69, 9.17) is 4.99 Å². The largest absolute Gasteiger partial charge is 0.362 e. The van der Waals surface area contributed by atoms with Gasteiger partial charge in [0.1, 0.15) is 22.1 Å². The maximum Gasteiger partial charge on any atom is 0.278 e. The second-order valence-corrected chi connectivity index (χ2v) is 16.4. The van der Waals surface area contributed by atoms with Gasteiger partial charge in [-0.3, -0.25) is 33.6 Å². The Morgan fingerprint density at radius 2 is 1.46 bits per heavy atom. The number of amides is 2. The van der Waals surface area contributed by atoms with Gasteiger partial charge in [-0.1, -0.05) is 102 Å². The SMILES string of the molecule is CCCCCCCCN1C(=O)c2ccsc2C2SC(C3Nc4c(c5sccc5c(=O)n(CCCCCCCC)c4=O)S3)=NC2C1=O. The van der Waals surface area contributed by atoms with Crippen molar-refractivity contribution in [2.75, 3.05) is 11.9 Å². The van der Waals surface area contributed by atoms with Crippen LogP contribution in [0.2, 0.25) is 0 Å². The molecule has 6 rings (SSSR count). The van der Waals surface area contributed by atoms with Crippen molar-refractivity contribution in [1.82, 2.24) is 9.47 Å². The Balaban J connectivity index is 1.24. The Morgan fingerprint density at radius 3 is 2.20 bits per heavy atom. The Hall–Kier alpha value is -2.41. The summed E-state index contributed by atoms with van der Waals surface area (Å²) >= 11 is 6.00. The first-order valence-electron chi connectivity index (χ1n) is 16.7. The first kappa shape index (κ1) is 33.5. The van der Waals surface area contributed by atoms with Crippen LogP contribution in [0.25, 0.3) is 10.1 Å². The summed E-state index contributed by atoms with van der Waals surface area (Å²) in [5.74, 6) is -0.450. The average molecular weight is 699 g/mol. The molecule has 0 aromatic carbocycles. The van der Waals surface area contributed by atoms with Crippen LogP contribution in [0, 0.1) is 0 Å². The maximum absolute atomic E-state index is 13.9. The molecule has 3 aromatic rings. The standard InChI is InChI=1S/C34H42N4O4S4/c1-3-5-7-9-11-13-17-37-31(39)21-15-19-43-25(21)27-23(33(37)41)35-29(45-27)30-36-24-28(46-30)26-22(16-20-44-26)32(40)38(34(24)42)18-14-12-10-8-6-4-2/h15-16,19-20,23,27,30,36H,3-14,17-18H2,1-2H3. The molecule has 0 spiro atoms. The summed E-state index contributed by atoms with van der Waals surface area (Å²) in [6.45, 7) is 5.18. The van der Waals surface area contributed by atoms with Crippen LogP contribution in [0.5, 0.6) is 0 Å². The average Bonchev–Trinajstić information content (AvgIpc) is 3.86. The van der Waals surface area contributed by atoms with Crippen molar-refractivity contribution in [2.45, 2.75) is 119 Å². The van der Waals surface area contributed by atoms with E-state index < -0.39 is 6.04 Å². The number of hydrogen-bond acceptors (Lipinski definition) is 10. The van der Waals surface area contributed by atoms with Gasteiger partial charge in [0.2, 0.25) is 0 Å².